The van der Waals surface area contributed by atoms with Crippen LogP contribution in [0.2, 0.25) is 0 Å². The van der Waals surface area contributed by atoms with Gasteiger partial charge >= 0.3 is 0 Å². The third-order valence-corrected chi connectivity index (χ3v) is 8.20. The zero-order valence-corrected chi connectivity index (χ0v) is 21.3. The predicted octanol–water partition coefficient (Wildman–Crippen LogP) is 5.12. The summed E-state index contributed by atoms with van der Waals surface area (Å²) in [5.41, 5.74) is 10.5. The molecule has 182 valence electrons. The van der Waals surface area contributed by atoms with Crippen LogP contribution < -0.4 is 21.4 Å². The molecule has 8 rings (SSSR count). The van der Waals surface area contributed by atoms with Gasteiger partial charge in [-0.05, 0) is 78.3 Å². The van der Waals surface area contributed by atoms with Crippen LogP contribution in [0.4, 0.5) is 0 Å². The minimum atomic E-state index is 0.968. The SMILES string of the molecule is C1=CCc2c3c(n(-c4cc(-c5ccccc5)cc(-n5c6c(c7c5=CC=CC7)C=CCC=6)c4)c2=C1)=CCC=C3. The lowest BCUT2D eigenvalue weighted by atomic mass is 10.0. The topological polar surface area (TPSA) is 9.86 Å². The van der Waals surface area contributed by atoms with E-state index in [1.54, 1.807) is 0 Å². The van der Waals surface area contributed by atoms with Crippen LogP contribution in [0.1, 0.15) is 35.1 Å². The Balaban J connectivity index is 1.48. The van der Waals surface area contributed by atoms with Crippen LogP contribution >= 0.6 is 0 Å². The van der Waals surface area contributed by atoms with Crippen molar-refractivity contribution in [1.82, 2.24) is 9.13 Å². The molecule has 2 nitrogen and oxygen atoms in total. The third-order valence-electron chi connectivity index (χ3n) is 8.20. The van der Waals surface area contributed by atoms with E-state index in [1.165, 1.54) is 66.2 Å². The first kappa shape index (κ1) is 21.5. The fraction of sp³-hybridized carbons (Fsp3) is 0.111. The van der Waals surface area contributed by atoms with Crippen LogP contribution in [-0.4, -0.2) is 9.13 Å². The molecule has 0 spiro atoms. The van der Waals surface area contributed by atoms with Gasteiger partial charge in [-0.3, -0.25) is 0 Å². The minimum absolute atomic E-state index is 0.968. The fourth-order valence-electron chi connectivity index (χ4n) is 6.54. The van der Waals surface area contributed by atoms with Crippen molar-refractivity contribution >= 4 is 36.5 Å². The Bertz CT molecular complexity index is 1880. The van der Waals surface area contributed by atoms with Gasteiger partial charge in [-0.15, -0.1) is 0 Å². The van der Waals surface area contributed by atoms with Crippen molar-refractivity contribution in [3.63, 3.8) is 0 Å². The predicted molar refractivity (Wildman–Crippen MR) is 160 cm³/mol. The van der Waals surface area contributed by atoms with E-state index in [2.05, 4.69) is 131 Å². The zero-order valence-electron chi connectivity index (χ0n) is 21.3. The van der Waals surface area contributed by atoms with Gasteiger partial charge < -0.3 is 9.13 Å². The van der Waals surface area contributed by atoms with Crippen LogP contribution in [0.5, 0.6) is 0 Å². The number of hydrogen-bond donors (Lipinski definition) is 0. The van der Waals surface area contributed by atoms with E-state index in [0.29, 0.717) is 0 Å². The molecule has 4 aromatic rings. The molecule has 0 amide bonds. The average Bonchev–Trinajstić information content (AvgIpc) is 3.51. The molecule has 0 saturated heterocycles. The van der Waals surface area contributed by atoms with E-state index < -0.39 is 0 Å². The maximum Gasteiger partial charge on any atom is 0.0503 e. The minimum Gasteiger partial charge on any atom is -0.310 e. The van der Waals surface area contributed by atoms with Gasteiger partial charge in [-0.1, -0.05) is 91.1 Å². The highest BCUT2D eigenvalue weighted by molar-refractivity contribution is 5.73. The summed E-state index contributed by atoms with van der Waals surface area (Å²) in [5, 5.41) is 5.23. The molecule has 0 saturated carbocycles. The van der Waals surface area contributed by atoms with Crippen LogP contribution in [0.15, 0.2) is 85.0 Å². The quantitative estimate of drug-likeness (QED) is 0.379. The third kappa shape index (κ3) is 3.20. The molecule has 38 heavy (non-hydrogen) atoms. The molecule has 2 heterocycles. The van der Waals surface area contributed by atoms with E-state index in [0.717, 1.165) is 25.7 Å². The first-order valence-corrected chi connectivity index (χ1v) is 13.6. The lowest BCUT2D eigenvalue weighted by Crippen LogP contribution is -2.29. The Labute approximate surface area is 222 Å². The van der Waals surface area contributed by atoms with E-state index in [9.17, 15) is 0 Å². The van der Waals surface area contributed by atoms with Gasteiger partial charge in [0.1, 0.15) is 0 Å². The van der Waals surface area contributed by atoms with Crippen molar-refractivity contribution in [3.8, 4) is 22.5 Å². The van der Waals surface area contributed by atoms with E-state index in [-0.39, 0.29) is 0 Å². The van der Waals surface area contributed by atoms with E-state index in [1.807, 2.05) is 0 Å². The summed E-state index contributed by atoms with van der Waals surface area (Å²) in [7, 11) is 0. The maximum atomic E-state index is 2.49. The van der Waals surface area contributed by atoms with Gasteiger partial charge in [-0.2, -0.15) is 0 Å². The number of aromatic nitrogens is 2. The second kappa shape index (κ2) is 8.49. The summed E-state index contributed by atoms with van der Waals surface area (Å²) in [5.74, 6) is 0. The highest BCUT2D eigenvalue weighted by Crippen LogP contribution is 2.27. The number of hydrogen-bond acceptors (Lipinski definition) is 0. The molecule has 0 aliphatic heterocycles. The van der Waals surface area contributed by atoms with Gasteiger partial charge in [0.15, 0.2) is 0 Å². The molecule has 0 fully saturated rings. The highest BCUT2D eigenvalue weighted by Gasteiger charge is 2.20. The Morgan fingerprint density at radius 2 is 1.08 bits per heavy atom. The summed E-state index contributed by atoms with van der Waals surface area (Å²) in [6, 6.07) is 17.9. The van der Waals surface area contributed by atoms with Crippen molar-refractivity contribution in [2.45, 2.75) is 25.7 Å². The lowest BCUT2D eigenvalue weighted by Gasteiger charge is -2.15. The molecule has 4 aliphatic rings. The summed E-state index contributed by atoms with van der Waals surface area (Å²) >= 11 is 0. The van der Waals surface area contributed by atoms with Gasteiger partial charge in [-0.25, -0.2) is 0 Å². The maximum absolute atomic E-state index is 2.49. The van der Waals surface area contributed by atoms with Gasteiger partial charge in [0.05, 0.1) is 21.4 Å². The van der Waals surface area contributed by atoms with Crippen LogP contribution in [0.3, 0.4) is 0 Å². The second-order valence-corrected chi connectivity index (χ2v) is 10.4. The highest BCUT2D eigenvalue weighted by atomic mass is 15.0. The monoisotopic (exact) mass is 488 g/mol. The van der Waals surface area contributed by atoms with Gasteiger partial charge in [0.25, 0.3) is 0 Å². The number of rotatable bonds is 3. The Hall–Kier alpha value is -4.56. The van der Waals surface area contributed by atoms with Crippen molar-refractivity contribution in [2.75, 3.05) is 0 Å². The molecular weight excluding hydrogens is 460 g/mol. The van der Waals surface area contributed by atoms with Gasteiger partial charge in [0, 0.05) is 22.5 Å². The van der Waals surface area contributed by atoms with Crippen molar-refractivity contribution in [3.05, 3.63) is 129 Å². The molecular formula is C36H28N2. The second-order valence-electron chi connectivity index (χ2n) is 10.4. The largest absolute Gasteiger partial charge is 0.310 e. The Kier molecular flexibility index (Phi) is 4.81. The summed E-state index contributed by atoms with van der Waals surface area (Å²) in [4.78, 5) is 0. The molecule has 2 aromatic carbocycles. The van der Waals surface area contributed by atoms with Crippen LogP contribution in [0.25, 0.3) is 59.0 Å². The molecule has 4 aliphatic carbocycles. The number of fused-ring (bicyclic) bond motifs is 6. The van der Waals surface area contributed by atoms with E-state index >= 15 is 0 Å². The van der Waals surface area contributed by atoms with Crippen LogP contribution in [-0.2, 0) is 12.8 Å². The molecule has 0 N–H and O–H groups in total. The van der Waals surface area contributed by atoms with E-state index in [4.69, 9.17) is 0 Å². The Morgan fingerprint density at radius 1 is 0.526 bits per heavy atom. The summed E-state index contributed by atoms with van der Waals surface area (Å²) in [6.07, 6.45) is 31.4. The molecule has 0 atom stereocenters. The summed E-state index contributed by atoms with van der Waals surface area (Å²) in [6.45, 7) is 0. The van der Waals surface area contributed by atoms with Gasteiger partial charge in [0.2, 0.25) is 0 Å². The molecule has 0 unspecified atom stereocenters. The smallest absolute Gasteiger partial charge is 0.0503 e. The molecule has 2 aromatic heterocycles. The number of allylic oxidation sites excluding steroid dienone is 6. The molecule has 0 radical (unpaired) electrons. The van der Waals surface area contributed by atoms with Crippen molar-refractivity contribution in [2.24, 2.45) is 0 Å². The average molecular weight is 489 g/mol. The van der Waals surface area contributed by atoms with Crippen LogP contribution in [0, 0.1) is 0 Å². The Morgan fingerprint density at radius 3 is 1.63 bits per heavy atom. The zero-order chi connectivity index (χ0) is 25.1. The standard InChI is InChI=1S/C36H28N2/c1-2-12-25(13-3-1)26-22-27(37-33-18-8-4-14-29(33)30-15-5-9-19-34(30)37)24-28(23-26)38-35-20-10-6-16-31(35)32-17-7-11-21-36(32)38/h1-8,10,12-13,15,17-24H,9,11,14,16H2. The number of nitrogens with zero attached hydrogens (tertiary/aromatic N) is 2. The van der Waals surface area contributed by atoms with Crippen molar-refractivity contribution in [1.29, 1.82) is 0 Å². The number of benzene rings is 2. The first-order chi connectivity index (χ1) is 18.9. The summed E-state index contributed by atoms with van der Waals surface area (Å²) < 4.78 is 4.98. The molecule has 2 heteroatoms. The normalized spacial score (nSPS) is 15.9. The van der Waals surface area contributed by atoms with Crippen molar-refractivity contribution < 1.29 is 0 Å². The first-order valence-electron chi connectivity index (χ1n) is 13.6. The molecule has 0 bridgehead atoms. The fourth-order valence-corrected chi connectivity index (χ4v) is 6.54. The lowest BCUT2D eigenvalue weighted by molar-refractivity contribution is 0.948.